The Morgan fingerprint density at radius 3 is 2.77 bits per heavy atom. The van der Waals surface area contributed by atoms with Gasteiger partial charge < -0.3 is 14.3 Å². The summed E-state index contributed by atoms with van der Waals surface area (Å²) in [6.07, 6.45) is 2.91. The van der Waals surface area contributed by atoms with Crippen LogP contribution in [-0.2, 0) is 11.3 Å². The molecule has 1 saturated carbocycles. The second kappa shape index (κ2) is 6.54. The van der Waals surface area contributed by atoms with Crippen molar-refractivity contribution in [3.05, 3.63) is 39.9 Å². The fourth-order valence-corrected chi connectivity index (χ4v) is 4.76. The first-order chi connectivity index (χ1) is 12.5. The number of likely N-dealkylation sites (tertiary alicyclic amines) is 1. The molecule has 1 aliphatic heterocycles. The number of aryl methyl sites for hydroxylation is 1. The molecular formula is C19H23N3O3S. The molecule has 2 aromatic heterocycles. The van der Waals surface area contributed by atoms with Gasteiger partial charge in [-0.3, -0.25) is 9.59 Å². The molecule has 7 heteroatoms. The maximum absolute atomic E-state index is 12.5. The Bertz CT molecular complexity index is 806. The summed E-state index contributed by atoms with van der Waals surface area (Å²) in [7, 11) is 0. The molecule has 1 spiro atoms. The van der Waals surface area contributed by atoms with E-state index in [-0.39, 0.29) is 17.2 Å². The summed E-state index contributed by atoms with van der Waals surface area (Å²) in [5.74, 6) is 0.363. The zero-order chi connectivity index (χ0) is 18.3. The molecule has 26 heavy (non-hydrogen) atoms. The molecule has 4 rings (SSSR count). The third-order valence-electron chi connectivity index (χ3n) is 5.75. The van der Waals surface area contributed by atoms with Gasteiger partial charge in [0.2, 0.25) is 11.7 Å². The molecule has 1 unspecified atom stereocenters. The van der Waals surface area contributed by atoms with Gasteiger partial charge >= 0.3 is 0 Å². The largest absolute Gasteiger partial charge is 0.351 e. The first-order valence-corrected chi connectivity index (χ1v) is 9.94. The van der Waals surface area contributed by atoms with Crippen molar-refractivity contribution in [2.75, 3.05) is 13.1 Å². The van der Waals surface area contributed by atoms with Crippen LogP contribution in [0.15, 0.2) is 27.4 Å². The van der Waals surface area contributed by atoms with Gasteiger partial charge in [-0.25, -0.2) is 0 Å². The summed E-state index contributed by atoms with van der Waals surface area (Å²) in [4.78, 5) is 28.5. The topological polar surface area (TPSA) is 66.7 Å². The van der Waals surface area contributed by atoms with Crippen molar-refractivity contribution in [1.82, 2.24) is 15.0 Å². The first-order valence-electron chi connectivity index (χ1n) is 8.99. The third-order valence-corrected chi connectivity index (χ3v) is 6.48. The number of rotatable bonds is 4. The minimum absolute atomic E-state index is 0.0839. The highest BCUT2D eigenvalue weighted by molar-refractivity contribution is 7.07. The Morgan fingerprint density at radius 2 is 2.19 bits per heavy atom. The van der Waals surface area contributed by atoms with Gasteiger partial charge in [-0.2, -0.15) is 11.3 Å². The van der Waals surface area contributed by atoms with Gasteiger partial charge in [-0.05, 0) is 54.0 Å². The first kappa shape index (κ1) is 17.3. The Kier molecular flexibility index (Phi) is 4.34. The molecule has 1 aliphatic carbocycles. The van der Waals surface area contributed by atoms with Gasteiger partial charge in [0.1, 0.15) is 0 Å². The average Bonchev–Trinajstić information content (AvgIpc) is 2.99. The van der Waals surface area contributed by atoms with E-state index in [1.165, 1.54) is 5.56 Å². The summed E-state index contributed by atoms with van der Waals surface area (Å²) in [6.45, 7) is 5.57. The van der Waals surface area contributed by atoms with Crippen LogP contribution in [0.5, 0.6) is 0 Å². The Morgan fingerprint density at radius 1 is 1.42 bits per heavy atom. The van der Waals surface area contributed by atoms with Crippen LogP contribution in [0.3, 0.4) is 0 Å². The molecular weight excluding hydrogens is 350 g/mol. The monoisotopic (exact) mass is 373 g/mol. The van der Waals surface area contributed by atoms with Gasteiger partial charge in [0.05, 0.1) is 5.69 Å². The van der Waals surface area contributed by atoms with Crippen LogP contribution < -0.4 is 0 Å². The van der Waals surface area contributed by atoms with Crippen LogP contribution in [0.4, 0.5) is 0 Å². The van der Waals surface area contributed by atoms with Crippen molar-refractivity contribution in [2.24, 2.45) is 5.41 Å². The van der Waals surface area contributed by atoms with E-state index in [0.717, 1.165) is 25.0 Å². The lowest BCUT2D eigenvalue weighted by atomic mass is 9.92. The van der Waals surface area contributed by atoms with E-state index in [0.29, 0.717) is 31.4 Å². The number of hydrogen-bond acceptors (Lipinski definition) is 5. The summed E-state index contributed by atoms with van der Waals surface area (Å²) < 4.78 is 5.10. The van der Waals surface area contributed by atoms with Crippen LogP contribution in [0.1, 0.15) is 48.0 Å². The van der Waals surface area contributed by atoms with Crippen LogP contribution in [-0.4, -0.2) is 45.9 Å². The second-order valence-corrected chi connectivity index (χ2v) is 8.27. The predicted octanol–water partition coefficient (Wildman–Crippen LogP) is 3.09. The summed E-state index contributed by atoms with van der Waals surface area (Å²) in [5, 5.41) is 7.95. The van der Waals surface area contributed by atoms with Crippen molar-refractivity contribution in [2.45, 2.75) is 45.7 Å². The molecule has 6 nitrogen and oxygen atoms in total. The molecule has 2 aliphatic rings. The normalized spacial score (nSPS) is 21.0. The molecule has 0 bridgehead atoms. The lowest BCUT2D eigenvalue weighted by molar-refractivity contribution is -0.130. The second-order valence-electron chi connectivity index (χ2n) is 7.49. The molecule has 3 heterocycles. The fourth-order valence-electron chi connectivity index (χ4n) is 4.10. The molecule has 2 fully saturated rings. The molecule has 0 radical (unpaired) electrons. The number of amides is 2. The van der Waals surface area contributed by atoms with Crippen LogP contribution in [0.2, 0.25) is 0 Å². The van der Waals surface area contributed by atoms with E-state index < -0.39 is 0 Å². The fraction of sp³-hybridized carbons (Fsp3) is 0.526. The molecule has 0 aromatic carbocycles. The molecule has 1 atom stereocenters. The molecule has 1 saturated heterocycles. The van der Waals surface area contributed by atoms with E-state index in [2.05, 4.69) is 16.6 Å². The quantitative estimate of drug-likeness (QED) is 0.826. The lowest BCUT2D eigenvalue weighted by Crippen LogP contribution is -2.42. The molecule has 138 valence electrons. The van der Waals surface area contributed by atoms with Crippen molar-refractivity contribution in [3.63, 3.8) is 0 Å². The van der Waals surface area contributed by atoms with E-state index in [1.807, 2.05) is 22.1 Å². The Hall–Kier alpha value is -2.15. The standard InChI is InChI=1S/C19H23N3O3S/c1-13-9-16(25-20-13)18(24)21-6-4-19(5-7-21)10-17(19)22(14(2)23)11-15-3-8-26-12-15/h3,8-9,12,17H,4-7,10-11H2,1-2H3. The number of piperidine rings is 1. The van der Waals surface area contributed by atoms with Gasteiger partial charge in [0, 0.05) is 38.7 Å². The van der Waals surface area contributed by atoms with Gasteiger partial charge in [0.15, 0.2) is 0 Å². The molecule has 2 aromatic rings. The van der Waals surface area contributed by atoms with Crippen LogP contribution >= 0.6 is 11.3 Å². The van der Waals surface area contributed by atoms with Gasteiger partial charge in [0.25, 0.3) is 5.91 Å². The smallest absolute Gasteiger partial charge is 0.292 e. The highest BCUT2D eigenvalue weighted by atomic mass is 32.1. The van der Waals surface area contributed by atoms with E-state index in [9.17, 15) is 9.59 Å². The van der Waals surface area contributed by atoms with Crippen molar-refractivity contribution >= 4 is 23.2 Å². The zero-order valence-corrected chi connectivity index (χ0v) is 15.9. The van der Waals surface area contributed by atoms with Crippen LogP contribution in [0.25, 0.3) is 0 Å². The van der Waals surface area contributed by atoms with Gasteiger partial charge in [-0.1, -0.05) is 5.16 Å². The minimum atomic E-state index is -0.0839. The summed E-state index contributed by atoms with van der Waals surface area (Å²) >= 11 is 1.66. The predicted molar refractivity (Wildman–Crippen MR) is 97.8 cm³/mol. The van der Waals surface area contributed by atoms with E-state index in [4.69, 9.17) is 4.52 Å². The maximum Gasteiger partial charge on any atom is 0.292 e. The average molecular weight is 373 g/mol. The zero-order valence-electron chi connectivity index (χ0n) is 15.1. The summed E-state index contributed by atoms with van der Waals surface area (Å²) in [6, 6.07) is 4.06. The maximum atomic E-state index is 12.5. The van der Waals surface area contributed by atoms with Crippen LogP contribution in [0, 0.1) is 12.3 Å². The van der Waals surface area contributed by atoms with Crippen molar-refractivity contribution in [1.29, 1.82) is 0 Å². The summed E-state index contributed by atoms with van der Waals surface area (Å²) in [5.41, 5.74) is 2.09. The number of aromatic nitrogens is 1. The van der Waals surface area contributed by atoms with Crippen molar-refractivity contribution < 1.29 is 14.1 Å². The van der Waals surface area contributed by atoms with E-state index >= 15 is 0 Å². The highest BCUT2D eigenvalue weighted by Gasteiger charge is 2.58. The number of nitrogens with zero attached hydrogens (tertiary/aromatic N) is 3. The Balaban J connectivity index is 1.38. The van der Waals surface area contributed by atoms with Gasteiger partial charge in [-0.15, -0.1) is 0 Å². The Labute approximate surface area is 156 Å². The molecule has 2 amide bonds. The lowest BCUT2D eigenvalue weighted by Gasteiger charge is -2.34. The van der Waals surface area contributed by atoms with Crippen molar-refractivity contribution in [3.8, 4) is 0 Å². The highest BCUT2D eigenvalue weighted by Crippen LogP contribution is 2.57. The number of carbonyl (C=O) groups is 2. The minimum Gasteiger partial charge on any atom is -0.351 e. The third kappa shape index (κ3) is 3.16. The number of carbonyl (C=O) groups excluding carboxylic acids is 2. The molecule has 0 N–H and O–H groups in total. The van der Waals surface area contributed by atoms with E-state index in [1.54, 1.807) is 24.3 Å². The SMILES string of the molecule is CC(=O)N(Cc1ccsc1)C1CC12CCN(C(=O)c1cc(C)no1)CC2. The number of thiophene rings is 1. The number of hydrogen-bond donors (Lipinski definition) is 0.